The van der Waals surface area contributed by atoms with Gasteiger partial charge in [-0.15, -0.1) is 0 Å². The number of aryl methyl sites for hydroxylation is 1. The fraction of sp³-hybridized carbons (Fsp3) is 0.211. The normalized spacial score (nSPS) is 11.1. The maximum atomic E-state index is 12.3. The van der Waals surface area contributed by atoms with Crippen LogP contribution in [0.5, 0.6) is 11.5 Å². The summed E-state index contributed by atoms with van der Waals surface area (Å²) in [5.74, 6) is 0.370. The second-order valence-electron chi connectivity index (χ2n) is 6.56. The van der Waals surface area contributed by atoms with E-state index >= 15 is 0 Å². The summed E-state index contributed by atoms with van der Waals surface area (Å²) < 4.78 is 5.77. The number of halogens is 2. The van der Waals surface area contributed by atoms with Crippen molar-refractivity contribution in [3.8, 4) is 11.5 Å². The summed E-state index contributed by atoms with van der Waals surface area (Å²) in [7, 11) is 0. The summed E-state index contributed by atoms with van der Waals surface area (Å²) in [6.07, 6.45) is 0. The molecule has 1 aromatic heterocycles. The summed E-state index contributed by atoms with van der Waals surface area (Å²) >= 11 is 12.2. The zero-order chi connectivity index (χ0) is 20.6. The third kappa shape index (κ3) is 3.90. The lowest BCUT2D eigenvalue weighted by Crippen LogP contribution is -2.30. The number of nitrogens with zero attached hydrogens (tertiary/aromatic N) is 1. The predicted molar refractivity (Wildman–Crippen MR) is 109 cm³/mol. The quantitative estimate of drug-likeness (QED) is 0.412. The minimum Gasteiger partial charge on any atom is -0.454 e. The smallest absolute Gasteiger partial charge is 0.272 e. The third-order valence-electron chi connectivity index (χ3n) is 4.09. The van der Waals surface area contributed by atoms with Gasteiger partial charge in [0.2, 0.25) is 0 Å². The largest absolute Gasteiger partial charge is 0.454 e. The summed E-state index contributed by atoms with van der Waals surface area (Å²) in [5, 5.41) is 14.6. The zero-order valence-corrected chi connectivity index (χ0v) is 16.8. The number of amides is 1. The van der Waals surface area contributed by atoms with E-state index in [9.17, 15) is 14.9 Å². The van der Waals surface area contributed by atoms with Crippen molar-refractivity contribution in [1.82, 2.24) is 10.3 Å². The summed E-state index contributed by atoms with van der Waals surface area (Å²) in [4.78, 5) is 25.8. The molecule has 0 fully saturated rings. The number of nitro benzene ring substituents is 1. The molecule has 0 spiro atoms. The Morgan fingerprint density at radius 1 is 1.21 bits per heavy atom. The highest BCUT2D eigenvalue weighted by Crippen LogP contribution is 2.40. The molecule has 7 nitrogen and oxygen atoms in total. The summed E-state index contributed by atoms with van der Waals surface area (Å²) in [5.41, 5.74) is 1.81. The van der Waals surface area contributed by atoms with Gasteiger partial charge in [-0.3, -0.25) is 14.9 Å². The van der Waals surface area contributed by atoms with Crippen molar-refractivity contribution in [2.75, 3.05) is 0 Å². The van der Waals surface area contributed by atoms with Gasteiger partial charge >= 0.3 is 0 Å². The van der Waals surface area contributed by atoms with Gasteiger partial charge in [-0.05, 0) is 44.5 Å². The number of fused-ring (bicyclic) bond motifs is 1. The number of benzene rings is 2. The molecule has 3 aromatic rings. The van der Waals surface area contributed by atoms with Crippen LogP contribution in [0.1, 0.15) is 29.9 Å². The van der Waals surface area contributed by atoms with Crippen LogP contribution in [0.15, 0.2) is 30.3 Å². The number of carbonyl (C=O) groups excluding carboxylic acids is 1. The minimum absolute atomic E-state index is 0.0172. The molecule has 0 aliphatic rings. The number of rotatable bonds is 5. The fourth-order valence-corrected chi connectivity index (χ4v) is 3.35. The van der Waals surface area contributed by atoms with Crippen molar-refractivity contribution < 1.29 is 14.5 Å². The van der Waals surface area contributed by atoms with Gasteiger partial charge in [-0.25, -0.2) is 0 Å². The van der Waals surface area contributed by atoms with Crippen LogP contribution in [-0.2, 0) is 0 Å². The van der Waals surface area contributed by atoms with E-state index in [-0.39, 0.29) is 33.4 Å². The topological polar surface area (TPSA) is 97.3 Å². The number of aromatic nitrogens is 1. The van der Waals surface area contributed by atoms with E-state index in [0.29, 0.717) is 11.4 Å². The van der Waals surface area contributed by atoms with Crippen LogP contribution in [0, 0.1) is 17.0 Å². The van der Waals surface area contributed by atoms with Gasteiger partial charge in [-0.1, -0.05) is 23.2 Å². The third-order valence-corrected chi connectivity index (χ3v) is 4.65. The standard InChI is InChI=1S/C19H17Cl2N3O4/c1-9(2)22-19(25)17-10(3)13-8-12(4-5-16(13)23-17)28-18-14(20)6-11(24(26)27)7-15(18)21/h4-9,23H,1-3H3,(H,22,25). The molecule has 0 bridgehead atoms. The van der Waals surface area contributed by atoms with Crippen molar-refractivity contribution in [3.63, 3.8) is 0 Å². The van der Waals surface area contributed by atoms with Crippen LogP contribution >= 0.6 is 23.2 Å². The van der Waals surface area contributed by atoms with E-state index in [1.165, 1.54) is 12.1 Å². The van der Waals surface area contributed by atoms with E-state index in [2.05, 4.69) is 10.3 Å². The first-order valence-electron chi connectivity index (χ1n) is 8.42. The molecular formula is C19H17Cl2N3O4. The maximum absolute atomic E-state index is 12.3. The van der Waals surface area contributed by atoms with Crippen molar-refractivity contribution >= 4 is 45.7 Å². The van der Waals surface area contributed by atoms with E-state index < -0.39 is 4.92 Å². The highest BCUT2D eigenvalue weighted by Gasteiger charge is 2.18. The second kappa shape index (κ2) is 7.69. The molecule has 0 unspecified atom stereocenters. The Bertz CT molecular complexity index is 1070. The number of non-ortho nitro benzene ring substituents is 1. The monoisotopic (exact) mass is 421 g/mol. The highest BCUT2D eigenvalue weighted by molar-refractivity contribution is 6.37. The van der Waals surface area contributed by atoms with E-state index in [1.54, 1.807) is 18.2 Å². The average molecular weight is 422 g/mol. The Morgan fingerprint density at radius 3 is 2.43 bits per heavy atom. The van der Waals surface area contributed by atoms with Crippen molar-refractivity contribution in [1.29, 1.82) is 0 Å². The Balaban J connectivity index is 1.96. The molecule has 0 radical (unpaired) electrons. The molecule has 146 valence electrons. The number of nitro groups is 1. The first-order chi connectivity index (χ1) is 13.2. The molecule has 0 aliphatic heterocycles. The van der Waals surface area contributed by atoms with E-state index in [4.69, 9.17) is 27.9 Å². The van der Waals surface area contributed by atoms with Crippen LogP contribution in [-0.4, -0.2) is 21.9 Å². The second-order valence-corrected chi connectivity index (χ2v) is 7.37. The molecule has 0 saturated carbocycles. The number of nitrogens with one attached hydrogen (secondary N) is 2. The number of H-pyrrole nitrogens is 1. The van der Waals surface area contributed by atoms with Gasteiger partial charge in [-0.2, -0.15) is 0 Å². The molecule has 1 amide bonds. The lowest BCUT2D eigenvalue weighted by Gasteiger charge is -2.10. The SMILES string of the molecule is Cc1c(C(=O)NC(C)C)[nH]c2ccc(Oc3c(Cl)cc([N+](=O)[O-])cc3Cl)cc12. The average Bonchev–Trinajstić information content (AvgIpc) is 2.94. The van der Waals surface area contributed by atoms with Crippen molar-refractivity contribution in [3.05, 3.63) is 61.7 Å². The first-order valence-corrected chi connectivity index (χ1v) is 9.17. The molecule has 9 heteroatoms. The van der Waals surface area contributed by atoms with E-state index in [0.717, 1.165) is 16.5 Å². The zero-order valence-electron chi connectivity index (χ0n) is 15.3. The van der Waals surface area contributed by atoms with Gasteiger partial charge < -0.3 is 15.0 Å². The van der Waals surface area contributed by atoms with Gasteiger partial charge in [0.15, 0.2) is 5.75 Å². The number of hydrogen-bond acceptors (Lipinski definition) is 4. The highest BCUT2D eigenvalue weighted by atomic mass is 35.5. The number of ether oxygens (including phenoxy) is 1. The Kier molecular flexibility index (Phi) is 5.49. The molecule has 28 heavy (non-hydrogen) atoms. The molecule has 0 saturated heterocycles. The van der Waals surface area contributed by atoms with Crippen molar-refractivity contribution in [2.24, 2.45) is 0 Å². The molecule has 0 atom stereocenters. The van der Waals surface area contributed by atoms with E-state index in [1.807, 2.05) is 20.8 Å². The molecule has 3 rings (SSSR count). The molecule has 2 N–H and O–H groups in total. The molecular weight excluding hydrogens is 405 g/mol. The minimum atomic E-state index is -0.583. The van der Waals surface area contributed by atoms with Crippen LogP contribution in [0.25, 0.3) is 10.9 Å². The number of hydrogen-bond donors (Lipinski definition) is 2. The van der Waals surface area contributed by atoms with Crippen molar-refractivity contribution in [2.45, 2.75) is 26.8 Å². The van der Waals surface area contributed by atoms with Crippen LogP contribution in [0.2, 0.25) is 10.0 Å². The van der Waals surface area contributed by atoms with Crippen LogP contribution in [0.4, 0.5) is 5.69 Å². The van der Waals surface area contributed by atoms with Gasteiger partial charge in [0.1, 0.15) is 11.4 Å². The van der Waals surface area contributed by atoms with Crippen LogP contribution in [0.3, 0.4) is 0 Å². The molecule has 0 aliphatic carbocycles. The Hall–Kier alpha value is -2.77. The fourth-order valence-electron chi connectivity index (χ4n) is 2.80. The summed E-state index contributed by atoms with van der Waals surface area (Å²) in [6.45, 7) is 5.61. The van der Waals surface area contributed by atoms with Crippen LogP contribution < -0.4 is 10.1 Å². The summed E-state index contributed by atoms with van der Waals surface area (Å²) in [6, 6.07) is 7.59. The lowest BCUT2D eigenvalue weighted by molar-refractivity contribution is -0.384. The molecule has 2 aromatic carbocycles. The number of carbonyl (C=O) groups is 1. The Labute approximate surface area is 170 Å². The van der Waals surface area contributed by atoms with Gasteiger partial charge in [0.05, 0.1) is 15.0 Å². The molecule has 1 heterocycles. The first kappa shape index (κ1) is 20.0. The Morgan fingerprint density at radius 2 is 1.86 bits per heavy atom. The van der Waals surface area contributed by atoms with Gasteiger partial charge in [0.25, 0.3) is 11.6 Å². The number of aromatic amines is 1. The predicted octanol–water partition coefficient (Wildman–Crippen LogP) is 5.62. The lowest BCUT2D eigenvalue weighted by atomic mass is 10.1. The van der Waals surface area contributed by atoms with Gasteiger partial charge in [0, 0.05) is 29.1 Å². The maximum Gasteiger partial charge on any atom is 0.272 e.